The SMILES string of the molecule is Cc1cc(C(O)c2ccc(C(C)(C)C)cc2)n(C)n1. The molecule has 102 valence electrons. The number of aliphatic hydroxyl groups excluding tert-OH is 1. The van der Waals surface area contributed by atoms with Gasteiger partial charge in [0.1, 0.15) is 6.10 Å². The number of hydrogen-bond acceptors (Lipinski definition) is 2. The molecule has 0 aliphatic heterocycles. The maximum Gasteiger partial charge on any atom is 0.121 e. The van der Waals surface area contributed by atoms with Crippen LogP contribution >= 0.6 is 0 Å². The second kappa shape index (κ2) is 4.82. The average molecular weight is 258 g/mol. The van der Waals surface area contributed by atoms with E-state index in [1.807, 2.05) is 32.2 Å². The van der Waals surface area contributed by atoms with Gasteiger partial charge in [0, 0.05) is 7.05 Å². The lowest BCUT2D eigenvalue weighted by Gasteiger charge is -2.20. The standard InChI is InChI=1S/C16H22N2O/c1-11-10-14(18(5)17-11)15(19)12-6-8-13(9-7-12)16(2,3)4/h6-10,15,19H,1-5H3. The Kier molecular flexibility index (Phi) is 3.50. The van der Waals surface area contributed by atoms with Gasteiger partial charge in [0.25, 0.3) is 0 Å². The van der Waals surface area contributed by atoms with Crippen LogP contribution < -0.4 is 0 Å². The zero-order valence-corrected chi connectivity index (χ0v) is 12.3. The number of aliphatic hydroxyl groups is 1. The molecule has 0 aliphatic carbocycles. The molecule has 2 rings (SSSR count). The lowest BCUT2D eigenvalue weighted by molar-refractivity contribution is 0.209. The summed E-state index contributed by atoms with van der Waals surface area (Å²) in [6.45, 7) is 8.48. The Hall–Kier alpha value is -1.61. The molecule has 0 fully saturated rings. The van der Waals surface area contributed by atoms with Crippen LogP contribution in [0.5, 0.6) is 0 Å². The molecule has 3 nitrogen and oxygen atoms in total. The van der Waals surface area contributed by atoms with Gasteiger partial charge in [-0.2, -0.15) is 5.10 Å². The Balaban J connectivity index is 2.30. The second-order valence-electron chi connectivity index (χ2n) is 6.11. The quantitative estimate of drug-likeness (QED) is 0.898. The van der Waals surface area contributed by atoms with E-state index in [9.17, 15) is 5.11 Å². The summed E-state index contributed by atoms with van der Waals surface area (Å²) < 4.78 is 1.73. The minimum absolute atomic E-state index is 0.132. The van der Waals surface area contributed by atoms with Crippen molar-refractivity contribution in [2.45, 2.75) is 39.2 Å². The molecule has 1 aromatic carbocycles. The van der Waals surface area contributed by atoms with Gasteiger partial charge in [0.2, 0.25) is 0 Å². The van der Waals surface area contributed by atoms with Crippen LogP contribution in [0, 0.1) is 6.92 Å². The first-order chi connectivity index (χ1) is 8.79. The van der Waals surface area contributed by atoms with Crippen molar-refractivity contribution in [1.82, 2.24) is 9.78 Å². The number of hydrogen-bond donors (Lipinski definition) is 1. The minimum atomic E-state index is -0.625. The van der Waals surface area contributed by atoms with E-state index in [4.69, 9.17) is 0 Å². The summed E-state index contributed by atoms with van der Waals surface area (Å²) in [5, 5.41) is 14.7. The van der Waals surface area contributed by atoms with Crippen molar-refractivity contribution < 1.29 is 5.11 Å². The third-order valence-electron chi connectivity index (χ3n) is 3.41. The van der Waals surface area contributed by atoms with Crippen molar-refractivity contribution >= 4 is 0 Å². The Bertz CT molecular complexity index is 561. The number of benzene rings is 1. The molecule has 1 heterocycles. The van der Waals surface area contributed by atoms with Gasteiger partial charge in [-0.1, -0.05) is 45.0 Å². The molecule has 0 aliphatic rings. The smallest absolute Gasteiger partial charge is 0.121 e. The highest BCUT2D eigenvalue weighted by molar-refractivity contribution is 5.32. The van der Waals surface area contributed by atoms with Crippen LogP contribution in [-0.2, 0) is 12.5 Å². The molecule has 2 aromatic rings. The van der Waals surface area contributed by atoms with E-state index in [0.29, 0.717) is 0 Å². The van der Waals surface area contributed by atoms with E-state index >= 15 is 0 Å². The van der Waals surface area contributed by atoms with Gasteiger partial charge < -0.3 is 5.11 Å². The lowest BCUT2D eigenvalue weighted by atomic mass is 9.86. The van der Waals surface area contributed by atoms with Crippen LogP contribution in [0.1, 0.15) is 49.4 Å². The van der Waals surface area contributed by atoms with E-state index in [0.717, 1.165) is 17.0 Å². The first-order valence-corrected chi connectivity index (χ1v) is 6.58. The number of rotatable bonds is 2. The summed E-state index contributed by atoms with van der Waals surface area (Å²) in [7, 11) is 1.86. The zero-order valence-electron chi connectivity index (χ0n) is 12.3. The maximum absolute atomic E-state index is 10.4. The van der Waals surface area contributed by atoms with Crippen molar-refractivity contribution in [2.24, 2.45) is 7.05 Å². The van der Waals surface area contributed by atoms with Crippen molar-refractivity contribution in [3.63, 3.8) is 0 Å². The van der Waals surface area contributed by atoms with Crippen LogP contribution in [0.2, 0.25) is 0 Å². The molecule has 1 unspecified atom stereocenters. The summed E-state index contributed by atoms with van der Waals surface area (Å²) in [6.07, 6.45) is -0.625. The molecule has 0 amide bonds. The van der Waals surface area contributed by atoms with Crippen molar-refractivity contribution in [2.75, 3.05) is 0 Å². The Morgan fingerprint density at radius 1 is 1.16 bits per heavy atom. The van der Waals surface area contributed by atoms with Crippen LogP contribution in [0.3, 0.4) is 0 Å². The minimum Gasteiger partial charge on any atom is -0.382 e. The molecule has 19 heavy (non-hydrogen) atoms. The first kappa shape index (κ1) is 13.8. The third-order valence-corrected chi connectivity index (χ3v) is 3.41. The topological polar surface area (TPSA) is 38.0 Å². The van der Waals surface area contributed by atoms with E-state index in [1.54, 1.807) is 4.68 Å². The van der Waals surface area contributed by atoms with Gasteiger partial charge in [0.15, 0.2) is 0 Å². The number of nitrogens with zero attached hydrogens (tertiary/aromatic N) is 2. The van der Waals surface area contributed by atoms with E-state index in [-0.39, 0.29) is 5.41 Å². The Morgan fingerprint density at radius 2 is 1.74 bits per heavy atom. The summed E-state index contributed by atoms with van der Waals surface area (Å²) in [5.41, 5.74) is 4.04. The molecule has 3 heteroatoms. The molecule has 0 saturated carbocycles. The highest BCUT2D eigenvalue weighted by Crippen LogP contribution is 2.26. The fourth-order valence-electron chi connectivity index (χ4n) is 2.22. The molecule has 1 N–H and O–H groups in total. The van der Waals surface area contributed by atoms with Gasteiger partial charge >= 0.3 is 0 Å². The highest BCUT2D eigenvalue weighted by atomic mass is 16.3. The molecule has 0 radical (unpaired) electrons. The zero-order chi connectivity index (χ0) is 14.2. The molecule has 1 aromatic heterocycles. The van der Waals surface area contributed by atoms with Gasteiger partial charge in [-0.05, 0) is 29.5 Å². The molecule has 1 atom stereocenters. The predicted octanol–water partition coefficient (Wildman–Crippen LogP) is 3.11. The van der Waals surface area contributed by atoms with Gasteiger partial charge in [-0.3, -0.25) is 4.68 Å². The van der Waals surface area contributed by atoms with Crippen molar-refractivity contribution in [3.05, 3.63) is 52.8 Å². The third kappa shape index (κ3) is 2.87. The first-order valence-electron chi connectivity index (χ1n) is 6.58. The highest BCUT2D eigenvalue weighted by Gasteiger charge is 2.17. The Labute approximate surface area is 114 Å². The fourth-order valence-corrected chi connectivity index (χ4v) is 2.22. The monoisotopic (exact) mass is 258 g/mol. The molecule has 0 saturated heterocycles. The predicted molar refractivity (Wildman–Crippen MR) is 77.1 cm³/mol. The lowest BCUT2D eigenvalue weighted by Crippen LogP contribution is -2.11. The Morgan fingerprint density at radius 3 is 2.16 bits per heavy atom. The largest absolute Gasteiger partial charge is 0.382 e. The van der Waals surface area contributed by atoms with Crippen LogP contribution in [0.15, 0.2) is 30.3 Å². The summed E-state index contributed by atoms with van der Waals surface area (Å²) in [4.78, 5) is 0. The molecule has 0 bridgehead atoms. The van der Waals surface area contributed by atoms with Gasteiger partial charge in [0.05, 0.1) is 11.4 Å². The normalized spacial score (nSPS) is 13.6. The van der Waals surface area contributed by atoms with E-state index < -0.39 is 6.10 Å². The van der Waals surface area contributed by atoms with Crippen LogP contribution in [0.4, 0.5) is 0 Å². The maximum atomic E-state index is 10.4. The molecular formula is C16H22N2O. The van der Waals surface area contributed by atoms with Gasteiger partial charge in [-0.15, -0.1) is 0 Å². The number of aromatic nitrogens is 2. The van der Waals surface area contributed by atoms with Crippen LogP contribution in [0.25, 0.3) is 0 Å². The van der Waals surface area contributed by atoms with Crippen LogP contribution in [-0.4, -0.2) is 14.9 Å². The summed E-state index contributed by atoms with van der Waals surface area (Å²) in [6, 6.07) is 10.1. The number of aryl methyl sites for hydroxylation is 2. The summed E-state index contributed by atoms with van der Waals surface area (Å²) >= 11 is 0. The molecular weight excluding hydrogens is 236 g/mol. The summed E-state index contributed by atoms with van der Waals surface area (Å²) in [5.74, 6) is 0. The van der Waals surface area contributed by atoms with Crippen molar-refractivity contribution in [1.29, 1.82) is 0 Å². The second-order valence-corrected chi connectivity index (χ2v) is 6.11. The average Bonchev–Trinajstić information content (AvgIpc) is 2.66. The fraction of sp³-hybridized carbons (Fsp3) is 0.438. The van der Waals surface area contributed by atoms with Crippen molar-refractivity contribution in [3.8, 4) is 0 Å². The van der Waals surface area contributed by atoms with E-state index in [2.05, 4.69) is 38.0 Å². The molecule has 0 spiro atoms. The van der Waals surface area contributed by atoms with Gasteiger partial charge in [-0.25, -0.2) is 0 Å². The van der Waals surface area contributed by atoms with E-state index in [1.165, 1.54) is 5.56 Å².